The number of piperazine rings is 1. The van der Waals surface area contributed by atoms with Gasteiger partial charge in [0, 0.05) is 11.6 Å². The van der Waals surface area contributed by atoms with E-state index >= 15 is 4.39 Å². The molecular formula is C29H34F2N2O4. The highest BCUT2D eigenvalue weighted by Gasteiger charge is 2.50. The molecule has 37 heavy (non-hydrogen) atoms. The van der Waals surface area contributed by atoms with Gasteiger partial charge in [0.15, 0.2) is 6.04 Å². The number of amides is 2. The molecule has 6 nitrogen and oxygen atoms in total. The highest BCUT2D eigenvalue weighted by Crippen LogP contribution is 2.37. The molecule has 8 heteroatoms. The zero-order valence-corrected chi connectivity index (χ0v) is 21.9. The quantitative estimate of drug-likeness (QED) is 0.578. The molecule has 0 saturated carbocycles. The highest BCUT2D eigenvalue weighted by molar-refractivity contribution is 5.99. The number of rotatable bonds is 6. The van der Waals surface area contributed by atoms with E-state index in [4.69, 9.17) is 4.74 Å². The number of nitrogens with zero attached hydrogens (tertiary/aromatic N) is 1. The number of halogens is 2. The van der Waals surface area contributed by atoms with Crippen molar-refractivity contribution < 1.29 is 27.9 Å². The van der Waals surface area contributed by atoms with E-state index in [2.05, 4.69) is 5.32 Å². The van der Waals surface area contributed by atoms with Crippen molar-refractivity contribution in [3.63, 3.8) is 0 Å². The summed E-state index contributed by atoms with van der Waals surface area (Å²) >= 11 is 0. The van der Waals surface area contributed by atoms with Crippen LogP contribution < -0.4 is 5.32 Å². The van der Waals surface area contributed by atoms with Crippen molar-refractivity contribution in [2.75, 3.05) is 0 Å². The van der Waals surface area contributed by atoms with Gasteiger partial charge in [0.25, 0.3) is 0 Å². The fraction of sp³-hybridized carbons (Fsp3) is 0.483. The van der Waals surface area contributed by atoms with Gasteiger partial charge in [-0.3, -0.25) is 9.59 Å². The lowest BCUT2D eigenvalue weighted by atomic mass is 9.88. The molecule has 2 aromatic rings. The van der Waals surface area contributed by atoms with Crippen LogP contribution in [0, 0.1) is 23.5 Å². The van der Waals surface area contributed by atoms with Crippen molar-refractivity contribution in [1.29, 1.82) is 0 Å². The lowest BCUT2D eigenvalue weighted by Gasteiger charge is -2.45. The predicted molar refractivity (Wildman–Crippen MR) is 134 cm³/mol. The maximum atomic E-state index is 15.2. The first-order valence-corrected chi connectivity index (χ1v) is 12.7. The molecule has 1 unspecified atom stereocenters. The van der Waals surface area contributed by atoms with Gasteiger partial charge >= 0.3 is 5.97 Å². The Morgan fingerprint density at radius 1 is 1.08 bits per heavy atom. The molecule has 1 aliphatic carbocycles. The minimum Gasteiger partial charge on any atom is -0.458 e. The summed E-state index contributed by atoms with van der Waals surface area (Å²) < 4.78 is 34.6. The summed E-state index contributed by atoms with van der Waals surface area (Å²) in [7, 11) is 0. The Morgan fingerprint density at radius 3 is 2.24 bits per heavy atom. The van der Waals surface area contributed by atoms with Crippen molar-refractivity contribution in [3.8, 4) is 0 Å². The summed E-state index contributed by atoms with van der Waals surface area (Å²) in [6.07, 6.45) is 1.45. The number of ether oxygens (including phenoxy) is 1. The van der Waals surface area contributed by atoms with Crippen LogP contribution in [0.2, 0.25) is 0 Å². The summed E-state index contributed by atoms with van der Waals surface area (Å²) in [6.45, 7) is 8.79. The first kappa shape index (κ1) is 26.8. The van der Waals surface area contributed by atoms with Crippen LogP contribution in [0.25, 0.3) is 0 Å². The van der Waals surface area contributed by atoms with Gasteiger partial charge in [-0.2, -0.15) is 0 Å². The van der Waals surface area contributed by atoms with Gasteiger partial charge in [-0.25, -0.2) is 13.6 Å². The standard InChI is InChI=1S/C29H34F2N2O4/c1-16(2)12-23-26(34)32-24(19-13-17-8-6-7-9-18(17)14-19)27(35)33(23)25(28(36)37-29(3,4)5)21-11-10-20(30)15-22(21)31/h6-11,15-16,19,23-25H,12-14H2,1-5H3,(H,32,34)/t23-,24?,25-/m1/s1. The molecule has 2 amide bonds. The zero-order valence-electron chi connectivity index (χ0n) is 21.9. The maximum absolute atomic E-state index is 15.2. The van der Waals surface area contributed by atoms with Crippen LogP contribution >= 0.6 is 0 Å². The van der Waals surface area contributed by atoms with Gasteiger partial charge in [-0.05, 0) is 69.1 Å². The molecule has 1 aliphatic heterocycles. The van der Waals surface area contributed by atoms with Crippen LogP contribution in [0.1, 0.15) is 63.8 Å². The first-order valence-electron chi connectivity index (χ1n) is 12.7. The van der Waals surface area contributed by atoms with E-state index in [-0.39, 0.29) is 23.8 Å². The third-order valence-corrected chi connectivity index (χ3v) is 6.87. The molecule has 2 aromatic carbocycles. The molecule has 0 aromatic heterocycles. The summed E-state index contributed by atoms with van der Waals surface area (Å²) in [5.74, 6) is -3.75. The van der Waals surface area contributed by atoms with Gasteiger partial charge in [0.2, 0.25) is 11.8 Å². The molecule has 3 atom stereocenters. The molecule has 4 rings (SSSR count). The smallest absolute Gasteiger partial charge is 0.334 e. The Morgan fingerprint density at radius 2 is 1.70 bits per heavy atom. The van der Waals surface area contributed by atoms with Crippen LogP contribution in [0.5, 0.6) is 0 Å². The number of nitrogens with one attached hydrogen (secondary N) is 1. The Balaban J connectivity index is 1.79. The largest absolute Gasteiger partial charge is 0.458 e. The summed E-state index contributed by atoms with van der Waals surface area (Å²) in [5, 5.41) is 2.91. The Hall–Kier alpha value is -3.29. The number of hydrogen-bond acceptors (Lipinski definition) is 4. The van der Waals surface area contributed by atoms with Gasteiger partial charge in [-0.1, -0.05) is 44.2 Å². The second-order valence-electron chi connectivity index (χ2n) is 11.4. The van der Waals surface area contributed by atoms with Crippen molar-refractivity contribution in [2.24, 2.45) is 11.8 Å². The topological polar surface area (TPSA) is 75.7 Å². The van der Waals surface area contributed by atoms with E-state index in [1.807, 2.05) is 38.1 Å². The average molecular weight is 513 g/mol. The van der Waals surface area contributed by atoms with Crippen LogP contribution in [0.3, 0.4) is 0 Å². The number of carbonyl (C=O) groups excluding carboxylic acids is 3. The van der Waals surface area contributed by atoms with E-state index in [9.17, 15) is 18.8 Å². The highest BCUT2D eigenvalue weighted by atomic mass is 19.1. The van der Waals surface area contributed by atoms with Crippen LogP contribution in [0.4, 0.5) is 8.78 Å². The molecule has 1 saturated heterocycles. The molecule has 1 heterocycles. The fourth-order valence-corrected chi connectivity index (χ4v) is 5.35. The molecule has 1 fully saturated rings. The summed E-state index contributed by atoms with van der Waals surface area (Å²) in [4.78, 5) is 42.4. The Labute approximate surface area is 216 Å². The lowest BCUT2D eigenvalue weighted by Crippen LogP contribution is -2.67. The Bertz CT molecular complexity index is 1180. The van der Waals surface area contributed by atoms with E-state index in [0.717, 1.165) is 23.3 Å². The lowest BCUT2D eigenvalue weighted by molar-refractivity contribution is -0.172. The molecule has 0 radical (unpaired) electrons. The second kappa shape index (κ2) is 10.2. The van der Waals surface area contributed by atoms with Gasteiger partial charge in [0.05, 0.1) is 0 Å². The molecule has 2 aliphatic rings. The average Bonchev–Trinajstić information content (AvgIpc) is 3.22. The second-order valence-corrected chi connectivity index (χ2v) is 11.4. The minimum atomic E-state index is -1.55. The molecule has 1 N–H and O–H groups in total. The van der Waals surface area contributed by atoms with Crippen LogP contribution in [0.15, 0.2) is 42.5 Å². The van der Waals surface area contributed by atoms with Gasteiger partial charge in [0.1, 0.15) is 29.3 Å². The predicted octanol–water partition coefficient (Wildman–Crippen LogP) is 4.50. The number of esters is 1. The monoisotopic (exact) mass is 512 g/mol. The molecule has 198 valence electrons. The SMILES string of the molecule is CC(C)C[C@@H]1C(=O)NC(C2Cc3ccccc3C2)C(=O)N1[C@@H](C(=O)OC(C)(C)C)c1ccc(F)cc1F. The normalized spacial score (nSPS) is 21.1. The summed E-state index contributed by atoms with van der Waals surface area (Å²) in [5.41, 5.74) is 1.07. The van der Waals surface area contributed by atoms with Gasteiger partial charge in [-0.15, -0.1) is 0 Å². The van der Waals surface area contributed by atoms with Crippen LogP contribution in [-0.2, 0) is 32.0 Å². The van der Waals surface area contributed by atoms with Crippen molar-refractivity contribution in [3.05, 3.63) is 70.8 Å². The summed E-state index contributed by atoms with van der Waals surface area (Å²) in [6, 6.07) is 7.26. The molecule has 0 bridgehead atoms. The number of benzene rings is 2. The van der Waals surface area contributed by atoms with E-state index < -0.39 is 53.1 Å². The van der Waals surface area contributed by atoms with Crippen LogP contribution in [-0.4, -0.2) is 40.4 Å². The number of carbonyl (C=O) groups is 3. The number of hydrogen-bond donors (Lipinski definition) is 1. The first-order chi connectivity index (χ1) is 17.4. The van der Waals surface area contributed by atoms with Crippen molar-refractivity contribution >= 4 is 17.8 Å². The van der Waals surface area contributed by atoms with Crippen molar-refractivity contribution in [2.45, 2.75) is 77.6 Å². The minimum absolute atomic E-state index is 0.00399. The molecule has 0 spiro atoms. The fourth-order valence-electron chi connectivity index (χ4n) is 5.35. The number of fused-ring (bicyclic) bond motifs is 1. The Kier molecular flexibility index (Phi) is 7.40. The maximum Gasteiger partial charge on any atom is 0.334 e. The zero-order chi connectivity index (χ0) is 27.1. The molecular weight excluding hydrogens is 478 g/mol. The van der Waals surface area contributed by atoms with Crippen molar-refractivity contribution in [1.82, 2.24) is 10.2 Å². The third-order valence-electron chi connectivity index (χ3n) is 6.87. The third kappa shape index (κ3) is 5.68. The van der Waals surface area contributed by atoms with E-state index in [1.54, 1.807) is 20.8 Å². The van der Waals surface area contributed by atoms with E-state index in [1.165, 1.54) is 4.90 Å². The van der Waals surface area contributed by atoms with Gasteiger partial charge < -0.3 is 15.0 Å². The van der Waals surface area contributed by atoms with E-state index in [0.29, 0.717) is 18.9 Å².